The number of halogens is 3. The number of carbonyl (C=O) groups excluding carboxylic acids is 2. The SMILES string of the molecule is CC(=O)N[C@@H]1[C@H](O[C@H]2[C@H](O)[C@@H](O)[C@@H](O[C@H]3[C@@H](OCCCNC(=O)C(F)(F)F)O[C@@H](C)[C@H](O)[C@H]3O)O[C@@H]2CO)O[C@H](CO)[C@@H](OP(=O)([O-])[O-])[C@@H]1O.[Na+].[Na+]. The number of nitrogens with one attached hydrogen (secondary N) is 2. The minimum absolute atomic E-state index is 0. The average molecular weight is 807 g/mol. The number of rotatable bonds is 14. The third kappa shape index (κ3) is 13.5. The maximum Gasteiger partial charge on any atom is 1.00 e. The molecule has 3 aliphatic rings. The van der Waals surface area contributed by atoms with Crippen LogP contribution in [-0.2, 0) is 47.1 Å². The normalized spacial score (nSPS) is 38.4. The first-order valence-corrected chi connectivity index (χ1v) is 16.5. The third-order valence-electron chi connectivity index (χ3n) is 7.81. The third-order valence-corrected chi connectivity index (χ3v) is 8.31. The molecule has 3 rings (SSSR count). The second-order valence-electron chi connectivity index (χ2n) is 11.5. The first-order valence-electron chi connectivity index (χ1n) is 15.0. The zero-order chi connectivity index (χ0) is 37.7. The summed E-state index contributed by atoms with van der Waals surface area (Å²) in [5, 5.41) is 77.5. The van der Waals surface area contributed by atoms with Crippen molar-refractivity contribution in [2.24, 2.45) is 0 Å². The zero-order valence-electron chi connectivity index (χ0n) is 28.3. The molecule has 0 bridgehead atoms. The molecule has 0 unspecified atom stereocenters. The van der Waals surface area contributed by atoms with Crippen molar-refractivity contribution in [2.45, 2.75) is 119 Å². The van der Waals surface area contributed by atoms with Crippen LogP contribution in [0.5, 0.6) is 0 Å². The summed E-state index contributed by atoms with van der Waals surface area (Å²) in [5.74, 6) is -3.01. The van der Waals surface area contributed by atoms with Crippen LogP contribution in [0.25, 0.3) is 0 Å². The minimum Gasteiger partial charge on any atom is -0.790 e. The summed E-state index contributed by atoms with van der Waals surface area (Å²) in [4.78, 5) is 45.4. The molecule has 3 aliphatic heterocycles. The van der Waals surface area contributed by atoms with Gasteiger partial charge in [0.2, 0.25) is 5.91 Å². The van der Waals surface area contributed by atoms with E-state index in [-0.39, 0.29) is 72.1 Å². The molecule has 0 radical (unpaired) electrons. The summed E-state index contributed by atoms with van der Waals surface area (Å²) in [6.07, 6.45) is -30.3. The van der Waals surface area contributed by atoms with E-state index in [0.29, 0.717) is 0 Å². The van der Waals surface area contributed by atoms with Gasteiger partial charge in [0, 0.05) is 13.5 Å². The van der Waals surface area contributed by atoms with E-state index in [1.807, 2.05) is 0 Å². The molecule has 3 heterocycles. The van der Waals surface area contributed by atoms with Crippen molar-refractivity contribution < 1.29 is 165 Å². The molecule has 0 saturated carbocycles. The van der Waals surface area contributed by atoms with E-state index in [9.17, 15) is 72.9 Å². The second-order valence-corrected chi connectivity index (χ2v) is 12.6. The van der Waals surface area contributed by atoms with Crippen molar-refractivity contribution in [1.82, 2.24) is 10.6 Å². The Kier molecular flexibility index (Phi) is 21.0. The largest absolute Gasteiger partial charge is 1.00 e. The minimum atomic E-state index is -5.78. The van der Waals surface area contributed by atoms with Crippen molar-refractivity contribution in [3.05, 3.63) is 0 Å². The Bertz CT molecular complexity index is 1180. The number of carbonyl (C=O) groups is 2. The van der Waals surface area contributed by atoms with Gasteiger partial charge in [-0.05, 0) is 13.3 Å². The molecule has 292 valence electrons. The number of aliphatic hydroxyl groups excluding tert-OH is 7. The maximum absolute atomic E-state index is 12.4. The van der Waals surface area contributed by atoms with Crippen molar-refractivity contribution in [2.75, 3.05) is 26.4 Å². The first-order chi connectivity index (χ1) is 23.2. The average Bonchev–Trinajstić information content (AvgIpc) is 3.02. The van der Waals surface area contributed by atoms with Crippen LogP contribution in [0.15, 0.2) is 0 Å². The van der Waals surface area contributed by atoms with Crippen molar-refractivity contribution in [1.29, 1.82) is 0 Å². The number of hydrogen-bond acceptors (Lipinski definition) is 19. The van der Waals surface area contributed by atoms with Crippen molar-refractivity contribution in [3.8, 4) is 0 Å². The van der Waals surface area contributed by atoms with Crippen LogP contribution in [0.2, 0.25) is 0 Å². The Balaban J connectivity index is 0.00000676. The molecule has 27 heteroatoms. The van der Waals surface area contributed by atoms with Crippen LogP contribution >= 0.6 is 7.82 Å². The van der Waals surface area contributed by atoms with E-state index < -0.39 is 138 Å². The van der Waals surface area contributed by atoms with E-state index >= 15 is 0 Å². The van der Waals surface area contributed by atoms with Crippen molar-refractivity contribution >= 4 is 19.6 Å². The van der Waals surface area contributed by atoms with Gasteiger partial charge in [-0.15, -0.1) is 0 Å². The molecule has 0 aliphatic carbocycles. The number of phosphoric acid groups is 1. The molecule has 15 atom stereocenters. The first kappa shape index (κ1) is 50.3. The van der Waals surface area contributed by atoms with Crippen LogP contribution in [0.3, 0.4) is 0 Å². The molecule has 52 heavy (non-hydrogen) atoms. The molecule has 0 spiro atoms. The number of hydrogen-bond donors (Lipinski definition) is 9. The van der Waals surface area contributed by atoms with E-state index in [0.717, 1.165) is 6.92 Å². The monoisotopic (exact) mass is 806 g/mol. The van der Waals surface area contributed by atoms with Crippen molar-refractivity contribution in [3.63, 3.8) is 0 Å². The quantitative estimate of drug-likeness (QED) is 0.0447. The molecule has 21 nitrogen and oxygen atoms in total. The Hall–Kier alpha value is 0.320. The van der Waals surface area contributed by atoms with Crippen LogP contribution in [0.1, 0.15) is 20.3 Å². The van der Waals surface area contributed by atoms with Gasteiger partial charge in [0.25, 0.3) is 0 Å². The van der Waals surface area contributed by atoms with E-state index in [1.165, 1.54) is 6.92 Å². The van der Waals surface area contributed by atoms with Crippen LogP contribution in [0.4, 0.5) is 13.2 Å². The number of phosphoric ester groups is 1. The van der Waals surface area contributed by atoms with Gasteiger partial charge >= 0.3 is 71.2 Å². The zero-order valence-corrected chi connectivity index (χ0v) is 33.2. The van der Waals surface area contributed by atoms with Gasteiger partial charge < -0.3 is 93.7 Å². The Morgan fingerprint density at radius 3 is 1.88 bits per heavy atom. The van der Waals surface area contributed by atoms with Gasteiger partial charge in [-0.1, -0.05) is 0 Å². The molecule has 0 aromatic carbocycles. The van der Waals surface area contributed by atoms with Gasteiger partial charge in [-0.25, -0.2) is 0 Å². The Labute approximate surface area is 338 Å². The second kappa shape index (κ2) is 21.7. The molecule has 0 aromatic rings. The number of ether oxygens (including phenoxy) is 6. The molecule has 2 amide bonds. The fourth-order valence-corrected chi connectivity index (χ4v) is 5.91. The smallest absolute Gasteiger partial charge is 0.790 e. The van der Waals surface area contributed by atoms with E-state index in [1.54, 1.807) is 5.32 Å². The van der Waals surface area contributed by atoms with Gasteiger partial charge in [-0.2, -0.15) is 13.2 Å². The van der Waals surface area contributed by atoms with Gasteiger partial charge in [0.1, 0.15) is 67.1 Å². The number of aliphatic hydroxyl groups is 7. The summed E-state index contributed by atoms with van der Waals surface area (Å²) in [6, 6.07) is -1.73. The molecule has 3 saturated heterocycles. The molecule has 9 N–H and O–H groups in total. The summed E-state index contributed by atoms with van der Waals surface area (Å²) in [7, 11) is -5.78. The van der Waals surface area contributed by atoms with E-state index in [4.69, 9.17) is 28.4 Å². The topological polar surface area (TPSA) is 328 Å². The van der Waals surface area contributed by atoms with Gasteiger partial charge in [0.15, 0.2) is 18.9 Å². The van der Waals surface area contributed by atoms with Gasteiger partial charge in [0.05, 0.1) is 33.7 Å². The van der Waals surface area contributed by atoms with Crippen LogP contribution < -0.4 is 79.5 Å². The summed E-state index contributed by atoms with van der Waals surface area (Å²) >= 11 is 0. The Morgan fingerprint density at radius 2 is 1.35 bits per heavy atom. The predicted molar refractivity (Wildman–Crippen MR) is 145 cm³/mol. The van der Waals surface area contributed by atoms with Crippen LogP contribution in [0, 0.1) is 0 Å². The molecular weight excluding hydrogens is 766 g/mol. The van der Waals surface area contributed by atoms with Crippen LogP contribution in [-0.4, -0.2) is 172 Å². The molecule has 0 aromatic heterocycles. The number of alkyl halides is 3. The molecule has 3 fully saturated rings. The standard InChI is InChI=1S/C25H42F3N2O19P.2Na/c1-8-13(34)15(36)20(23(44-8)43-5-3-4-29-24(39)25(26,27)28)48-22-17(38)16(37)18(10(6-31)46-22)47-21-12(30-9(2)33)14(35)19(11(7-32)45-21)49-50(40,41)42;;/h8,10-23,31-32,34-38H,3-7H2,1-2H3,(H,29,39)(H,30,33)(H2,40,41,42);;/q;2*+1/p-2/t8-,10+,11+,12-,13-,14+,15+,16+,17+,18+,19+,20+,21-,22+,23-;;/m0../s1. The van der Waals surface area contributed by atoms with E-state index in [2.05, 4.69) is 9.84 Å². The summed E-state index contributed by atoms with van der Waals surface area (Å²) in [5.41, 5.74) is 0. The maximum atomic E-state index is 12.4. The fourth-order valence-electron chi connectivity index (χ4n) is 5.35. The molecular formula is C25H40F3N2Na2O19P. The predicted octanol–water partition coefficient (Wildman–Crippen LogP) is -12.4. The fraction of sp³-hybridized carbons (Fsp3) is 0.920. The number of amides is 2. The summed E-state index contributed by atoms with van der Waals surface area (Å²) < 4.78 is 86.0. The Morgan fingerprint density at radius 1 is 0.808 bits per heavy atom. The van der Waals surface area contributed by atoms with Gasteiger partial charge in [-0.3, -0.25) is 9.59 Å². The summed E-state index contributed by atoms with van der Waals surface area (Å²) in [6.45, 7) is -0.544.